The average Bonchev–Trinajstić information content (AvgIpc) is 3.34. The largest absolute Gasteiger partial charge is 0.462 e. The first-order chi connectivity index (χ1) is 21.4. The van der Waals surface area contributed by atoms with Gasteiger partial charge in [-0.3, -0.25) is 9.59 Å². The molecule has 0 aliphatic heterocycles. The summed E-state index contributed by atoms with van der Waals surface area (Å²) in [5.41, 5.74) is 1.81. The lowest BCUT2D eigenvalue weighted by Crippen LogP contribution is -2.51. The number of carbonyl (C=O) groups is 2. The molecule has 0 aromatic heterocycles. The first-order valence-corrected chi connectivity index (χ1v) is 19.8. The maximum Gasteiger partial charge on any atom is 0.306 e. The third kappa shape index (κ3) is 9.70. The summed E-state index contributed by atoms with van der Waals surface area (Å²) in [6.45, 7) is 7.19. The lowest BCUT2D eigenvalue weighted by molar-refractivity contribution is -0.160. The van der Waals surface area contributed by atoms with Gasteiger partial charge in [-0.2, -0.15) is 0 Å². The molecule has 44 heavy (non-hydrogen) atoms. The van der Waals surface area contributed by atoms with Gasteiger partial charge in [0.2, 0.25) is 0 Å². The Hall–Kier alpha value is -1.12. The number of unbranched alkanes of at least 4 members (excludes halogenated alkanes) is 18. The predicted molar refractivity (Wildman–Crippen MR) is 185 cm³/mol. The fraction of sp³-hybridized carbons (Fsp3) is 0.902. The normalized spacial score (nSPS) is 31.2. The van der Waals surface area contributed by atoms with E-state index in [1.165, 1.54) is 147 Å². The van der Waals surface area contributed by atoms with Gasteiger partial charge in [-0.1, -0.05) is 142 Å². The molecule has 0 aromatic carbocycles. The van der Waals surface area contributed by atoms with Crippen LogP contribution in [-0.4, -0.2) is 17.9 Å². The van der Waals surface area contributed by atoms with E-state index in [0.717, 1.165) is 38.0 Å². The van der Waals surface area contributed by atoms with Crippen molar-refractivity contribution in [1.29, 1.82) is 0 Å². The molecule has 4 rings (SSSR count). The van der Waals surface area contributed by atoms with Gasteiger partial charge in [0.1, 0.15) is 6.10 Å². The van der Waals surface area contributed by atoms with Gasteiger partial charge in [0.05, 0.1) is 0 Å². The third-order valence-corrected chi connectivity index (χ3v) is 13.1. The maximum absolute atomic E-state index is 12.9. The second-order valence-corrected chi connectivity index (χ2v) is 16.2. The van der Waals surface area contributed by atoms with E-state index in [2.05, 4.69) is 20.8 Å². The number of ether oxygens (including phenoxy) is 1. The van der Waals surface area contributed by atoms with Crippen molar-refractivity contribution in [2.45, 2.75) is 207 Å². The summed E-state index contributed by atoms with van der Waals surface area (Å²) in [7, 11) is 0. The molecule has 3 heteroatoms. The molecule has 0 unspecified atom stereocenters. The van der Waals surface area contributed by atoms with Crippen molar-refractivity contribution in [2.75, 3.05) is 0 Å². The highest BCUT2D eigenvalue weighted by Crippen LogP contribution is 2.65. The van der Waals surface area contributed by atoms with Crippen LogP contribution in [0.5, 0.6) is 0 Å². The van der Waals surface area contributed by atoms with Gasteiger partial charge in [0.15, 0.2) is 5.78 Å². The average molecular weight is 611 g/mol. The number of esters is 1. The van der Waals surface area contributed by atoms with Crippen LogP contribution in [-0.2, 0) is 14.3 Å². The zero-order valence-electron chi connectivity index (χ0n) is 29.4. The third-order valence-electron chi connectivity index (χ3n) is 13.1. The van der Waals surface area contributed by atoms with Crippen molar-refractivity contribution in [3.8, 4) is 0 Å². The van der Waals surface area contributed by atoms with Crippen molar-refractivity contribution in [3.63, 3.8) is 0 Å². The van der Waals surface area contributed by atoms with Gasteiger partial charge in [-0.15, -0.1) is 0 Å². The zero-order chi connectivity index (χ0) is 31.3. The van der Waals surface area contributed by atoms with Crippen LogP contribution in [0.4, 0.5) is 0 Å². The van der Waals surface area contributed by atoms with Crippen molar-refractivity contribution in [3.05, 3.63) is 11.6 Å². The molecule has 3 fully saturated rings. The van der Waals surface area contributed by atoms with Gasteiger partial charge < -0.3 is 4.74 Å². The number of fused-ring (bicyclic) bond motifs is 5. The Balaban J connectivity index is 0.994. The number of allylic oxidation sites excluding steroid dienone is 1. The molecule has 0 radical (unpaired) electrons. The van der Waals surface area contributed by atoms with Crippen molar-refractivity contribution in [1.82, 2.24) is 0 Å². The van der Waals surface area contributed by atoms with Crippen LogP contribution in [0.1, 0.15) is 201 Å². The molecule has 0 aromatic rings. The van der Waals surface area contributed by atoms with E-state index in [1.54, 1.807) is 0 Å². The minimum atomic E-state index is 0.0533. The Kier molecular flexibility index (Phi) is 14.8. The Bertz CT molecular complexity index is 906. The van der Waals surface area contributed by atoms with E-state index in [9.17, 15) is 9.59 Å². The van der Waals surface area contributed by atoms with Gasteiger partial charge in [-0.05, 0) is 80.6 Å². The molecule has 3 nitrogen and oxygen atoms in total. The monoisotopic (exact) mass is 611 g/mol. The van der Waals surface area contributed by atoms with Gasteiger partial charge in [0.25, 0.3) is 0 Å². The SMILES string of the molecule is CCCCCCCCCCCCCCCCCCCCCC(=O)O[C@H]1CC[C@H]2[C@@H]3CCC4=CC(=O)CC[C@]4(C)[C@H]3CC[C@]12C. The Morgan fingerprint density at radius 1 is 0.682 bits per heavy atom. The minimum absolute atomic E-state index is 0.0533. The molecular weight excluding hydrogens is 540 g/mol. The molecule has 0 N–H and O–H groups in total. The summed E-state index contributed by atoms with van der Waals surface area (Å²) < 4.78 is 6.25. The summed E-state index contributed by atoms with van der Waals surface area (Å²) >= 11 is 0. The maximum atomic E-state index is 12.9. The number of ketones is 1. The molecular formula is C41H70O3. The predicted octanol–water partition coefficient (Wildman–Crippen LogP) is 12.3. The lowest BCUT2D eigenvalue weighted by atomic mass is 9.47. The highest BCUT2D eigenvalue weighted by molar-refractivity contribution is 5.91. The van der Waals surface area contributed by atoms with Crippen LogP contribution in [0.3, 0.4) is 0 Å². The van der Waals surface area contributed by atoms with Gasteiger partial charge in [0, 0.05) is 18.3 Å². The molecule has 3 saturated carbocycles. The van der Waals surface area contributed by atoms with Gasteiger partial charge in [-0.25, -0.2) is 0 Å². The van der Waals surface area contributed by atoms with Crippen molar-refractivity contribution < 1.29 is 14.3 Å². The number of hydrogen-bond acceptors (Lipinski definition) is 3. The Morgan fingerprint density at radius 3 is 1.80 bits per heavy atom. The number of carbonyl (C=O) groups excluding carboxylic acids is 2. The molecule has 0 bridgehead atoms. The van der Waals surface area contributed by atoms with Crippen molar-refractivity contribution in [2.24, 2.45) is 28.6 Å². The summed E-state index contributed by atoms with van der Waals surface area (Å²) in [6, 6.07) is 0. The van der Waals surface area contributed by atoms with Crippen LogP contribution in [0.2, 0.25) is 0 Å². The van der Waals surface area contributed by atoms with Crippen LogP contribution in [0.15, 0.2) is 11.6 Å². The summed E-state index contributed by atoms with van der Waals surface area (Å²) in [5, 5.41) is 0. The molecule has 0 saturated heterocycles. The standard InChI is InChI=1S/C41H70O3/c1-4-5-6-7-8-9-10-11-12-13-14-15-16-17-18-19-20-21-22-23-39(43)44-38-27-26-36-35-25-24-33-32-34(42)28-30-40(33,2)37(35)29-31-41(36,38)3/h32,35-38H,4-31H2,1-3H3/t35-,36-,37-,38-,40-,41-/m0/s1. The molecule has 6 atom stereocenters. The van der Waals surface area contributed by atoms with E-state index in [0.29, 0.717) is 24.0 Å². The zero-order valence-corrected chi connectivity index (χ0v) is 29.4. The van der Waals surface area contributed by atoms with E-state index in [4.69, 9.17) is 4.74 Å². The van der Waals surface area contributed by atoms with Crippen LogP contribution in [0.25, 0.3) is 0 Å². The van der Waals surface area contributed by atoms with Crippen LogP contribution >= 0.6 is 0 Å². The highest BCUT2D eigenvalue weighted by atomic mass is 16.5. The number of rotatable bonds is 21. The Morgan fingerprint density at radius 2 is 1.23 bits per heavy atom. The number of hydrogen-bond donors (Lipinski definition) is 0. The fourth-order valence-corrected chi connectivity index (χ4v) is 10.3. The van der Waals surface area contributed by atoms with Gasteiger partial charge >= 0.3 is 5.97 Å². The second kappa shape index (κ2) is 18.3. The van der Waals surface area contributed by atoms with Crippen LogP contribution < -0.4 is 0 Å². The summed E-state index contributed by atoms with van der Waals surface area (Å²) in [4.78, 5) is 25.0. The fourth-order valence-electron chi connectivity index (χ4n) is 10.3. The van der Waals surface area contributed by atoms with E-state index >= 15 is 0 Å². The molecule has 0 amide bonds. The molecule has 4 aliphatic carbocycles. The molecule has 0 spiro atoms. The topological polar surface area (TPSA) is 43.4 Å². The van der Waals surface area contributed by atoms with E-state index in [-0.39, 0.29) is 22.9 Å². The smallest absolute Gasteiger partial charge is 0.306 e. The first-order valence-electron chi connectivity index (χ1n) is 19.8. The first kappa shape index (κ1) is 35.7. The van der Waals surface area contributed by atoms with Crippen LogP contribution in [0, 0.1) is 28.6 Å². The molecule has 4 aliphatic rings. The minimum Gasteiger partial charge on any atom is -0.462 e. The highest BCUT2D eigenvalue weighted by Gasteiger charge is 2.59. The quantitative estimate of drug-likeness (QED) is 0.0959. The van der Waals surface area contributed by atoms with E-state index in [1.807, 2.05) is 6.08 Å². The van der Waals surface area contributed by atoms with E-state index < -0.39 is 0 Å². The summed E-state index contributed by atoms with van der Waals surface area (Å²) in [6.07, 6.45) is 37.6. The second-order valence-electron chi connectivity index (χ2n) is 16.2. The van der Waals surface area contributed by atoms with Crippen molar-refractivity contribution >= 4 is 11.8 Å². The molecule has 252 valence electrons. The Labute approximate surface area is 272 Å². The summed E-state index contributed by atoms with van der Waals surface area (Å²) in [5.74, 6) is 2.50. The molecule has 0 heterocycles. The lowest BCUT2D eigenvalue weighted by Gasteiger charge is -2.57.